The normalized spacial score (nSPS) is 16.4. The number of amides is 2. The lowest BCUT2D eigenvalue weighted by molar-refractivity contribution is -0.131. The summed E-state index contributed by atoms with van der Waals surface area (Å²) in [5.41, 5.74) is 1.16. The molecule has 26 heavy (non-hydrogen) atoms. The van der Waals surface area contributed by atoms with Crippen molar-refractivity contribution in [3.8, 4) is 0 Å². The maximum Gasteiger partial charge on any atom is 0.260 e. The van der Waals surface area contributed by atoms with E-state index in [2.05, 4.69) is 22.5 Å². The van der Waals surface area contributed by atoms with E-state index in [9.17, 15) is 9.59 Å². The van der Waals surface area contributed by atoms with E-state index in [4.69, 9.17) is 4.42 Å². The van der Waals surface area contributed by atoms with Gasteiger partial charge in [-0.25, -0.2) is 4.98 Å². The van der Waals surface area contributed by atoms with Crippen molar-refractivity contribution in [3.63, 3.8) is 0 Å². The first kappa shape index (κ1) is 22.4. The average Bonchev–Trinajstić information content (AvgIpc) is 3.16. The van der Waals surface area contributed by atoms with Crippen LogP contribution in [-0.2, 0) is 11.2 Å². The van der Waals surface area contributed by atoms with Crippen LogP contribution < -0.4 is 10.6 Å². The van der Waals surface area contributed by atoms with Crippen LogP contribution in [0.3, 0.4) is 0 Å². The first-order chi connectivity index (χ1) is 11.5. The summed E-state index contributed by atoms with van der Waals surface area (Å²) in [6, 6.07) is 1.93. The lowest BCUT2D eigenvalue weighted by atomic mass is 10.2. The van der Waals surface area contributed by atoms with E-state index in [1.54, 1.807) is 18.4 Å². The first-order valence-electron chi connectivity index (χ1n) is 7.84. The number of thiazole rings is 1. The number of hydrogen-bond donors (Lipinski definition) is 2. The lowest BCUT2D eigenvalue weighted by Gasteiger charge is -2.31. The zero-order valence-electron chi connectivity index (χ0n) is 14.5. The fourth-order valence-electron chi connectivity index (χ4n) is 2.66. The van der Waals surface area contributed by atoms with E-state index < -0.39 is 0 Å². The van der Waals surface area contributed by atoms with Crippen LogP contribution >= 0.6 is 36.2 Å². The highest BCUT2D eigenvalue weighted by atomic mass is 35.5. The maximum atomic E-state index is 12.3. The van der Waals surface area contributed by atoms with Gasteiger partial charge in [-0.15, -0.1) is 36.2 Å². The summed E-state index contributed by atoms with van der Waals surface area (Å²) < 4.78 is 5.12. The number of furan rings is 1. The van der Waals surface area contributed by atoms with Gasteiger partial charge in [0.2, 0.25) is 5.91 Å². The summed E-state index contributed by atoms with van der Waals surface area (Å²) in [7, 11) is 0. The van der Waals surface area contributed by atoms with Crippen molar-refractivity contribution in [2.45, 2.75) is 26.3 Å². The predicted molar refractivity (Wildman–Crippen MR) is 106 cm³/mol. The second-order valence-corrected chi connectivity index (χ2v) is 6.72. The van der Waals surface area contributed by atoms with Gasteiger partial charge in [-0.1, -0.05) is 0 Å². The smallest absolute Gasteiger partial charge is 0.260 e. The van der Waals surface area contributed by atoms with Crippen LogP contribution in [0.1, 0.15) is 28.7 Å². The molecule has 0 aliphatic carbocycles. The zero-order chi connectivity index (χ0) is 17.1. The average molecular weight is 421 g/mol. The summed E-state index contributed by atoms with van der Waals surface area (Å²) in [6.07, 6.45) is 1.73. The highest BCUT2D eigenvalue weighted by Gasteiger charge is 2.21. The van der Waals surface area contributed by atoms with Gasteiger partial charge in [0.05, 0.1) is 23.9 Å². The third-order valence-corrected chi connectivity index (χ3v) is 4.74. The molecule has 1 aliphatic heterocycles. The Morgan fingerprint density at radius 1 is 1.46 bits per heavy atom. The molecule has 0 aromatic carbocycles. The fraction of sp³-hybridized carbons (Fsp3) is 0.438. The summed E-state index contributed by atoms with van der Waals surface area (Å²) in [4.78, 5) is 30.7. The number of piperazine rings is 1. The van der Waals surface area contributed by atoms with Crippen LogP contribution in [0.25, 0.3) is 0 Å². The zero-order valence-corrected chi connectivity index (χ0v) is 16.9. The number of aryl methyl sites for hydroxylation is 1. The van der Waals surface area contributed by atoms with Gasteiger partial charge in [0.25, 0.3) is 5.91 Å². The third-order valence-electron chi connectivity index (χ3n) is 3.93. The minimum atomic E-state index is -0.260. The standard InChI is InChI=1S/C16H20N4O3S.2ClH/c1-10-8-20(5-4-17-10)14(21)7-12-9-24-16(18-12)19-15(22)13-3-6-23-11(13)2;;/h3,6,9-10,17H,4-5,7-8H2,1-2H3,(H,18,19,22);2*1H. The quantitative estimate of drug-likeness (QED) is 0.792. The van der Waals surface area contributed by atoms with Crippen LogP contribution in [0.2, 0.25) is 0 Å². The Balaban J connectivity index is 0.00000169. The van der Waals surface area contributed by atoms with E-state index in [-0.39, 0.29) is 43.0 Å². The van der Waals surface area contributed by atoms with Crippen LogP contribution in [0.15, 0.2) is 22.1 Å². The number of hydrogen-bond acceptors (Lipinski definition) is 6. The van der Waals surface area contributed by atoms with Crippen LogP contribution in [0.4, 0.5) is 5.13 Å². The van der Waals surface area contributed by atoms with Crippen molar-refractivity contribution < 1.29 is 14.0 Å². The first-order valence-corrected chi connectivity index (χ1v) is 8.72. The van der Waals surface area contributed by atoms with Gasteiger partial charge in [-0.05, 0) is 19.9 Å². The molecule has 1 aliphatic rings. The van der Waals surface area contributed by atoms with Crippen molar-refractivity contribution in [3.05, 3.63) is 34.7 Å². The molecule has 1 saturated heterocycles. The molecule has 0 spiro atoms. The molecule has 144 valence electrons. The maximum absolute atomic E-state index is 12.3. The van der Waals surface area contributed by atoms with Gasteiger partial charge < -0.3 is 14.6 Å². The molecular weight excluding hydrogens is 399 g/mol. The Hall–Kier alpha value is -1.61. The number of carbonyl (C=O) groups is 2. The molecule has 0 bridgehead atoms. The molecular formula is C16H22Cl2N4O3S. The largest absolute Gasteiger partial charge is 0.469 e. The summed E-state index contributed by atoms with van der Waals surface area (Å²) in [6.45, 7) is 6.04. The Labute approximate surface area is 168 Å². The topological polar surface area (TPSA) is 87.5 Å². The fourth-order valence-corrected chi connectivity index (χ4v) is 3.36. The summed E-state index contributed by atoms with van der Waals surface area (Å²) in [5.74, 6) is 0.369. The molecule has 3 heterocycles. The van der Waals surface area contributed by atoms with E-state index in [0.717, 1.165) is 13.1 Å². The van der Waals surface area contributed by atoms with Crippen LogP contribution in [0.5, 0.6) is 0 Å². The minimum Gasteiger partial charge on any atom is -0.469 e. The predicted octanol–water partition coefficient (Wildman–Crippen LogP) is 2.50. The SMILES string of the molecule is Cc1occc1C(=O)Nc1nc(CC(=O)N2CCNC(C)C2)cs1.Cl.Cl. The Kier molecular flexibility index (Phi) is 8.55. The monoisotopic (exact) mass is 420 g/mol. The van der Waals surface area contributed by atoms with Crippen molar-refractivity contribution in [1.29, 1.82) is 0 Å². The molecule has 10 heteroatoms. The van der Waals surface area contributed by atoms with E-state index in [1.165, 1.54) is 17.6 Å². The van der Waals surface area contributed by atoms with Gasteiger partial charge in [-0.3, -0.25) is 14.9 Å². The summed E-state index contributed by atoms with van der Waals surface area (Å²) in [5, 5.41) is 8.34. The van der Waals surface area contributed by atoms with Crippen molar-refractivity contribution in [2.24, 2.45) is 0 Å². The second-order valence-electron chi connectivity index (χ2n) is 5.86. The van der Waals surface area contributed by atoms with Crippen LogP contribution in [0, 0.1) is 6.92 Å². The van der Waals surface area contributed by atoms with Gasteiger partial charge in [0, 0.05) is 31.1 Å². The number of anilines is 1. The highest BCUT2D eigenvalue weighted by molar-refractivity contribution is 7.14. The number of carbonyl (C=O) groups excluding carboxylic acids is 2. The molecule has 2 N–H and O–H groups in total. The molecule has 2 aromatic rings. The highest BCUT2D eigenvalue weighted by Crippen LogP contribution is 2.19. The molecule has 0 saturated carbocycles. The van der Waals surface area contributed by atoms with Crippen LogP contribution in [-0.4, -0.2) is 47.4 Å². The Morgan fingerprint density at radius 3 is 2.88 bits per heavy atom. The third kappa shape index (κ3) is 5.44. The molecule has 7 nitrogen and oxygen atoms in total. The lowest BCUT2D eigenvalue weighted by Crippen LogP contribution is -2.51. The van der Waals surface area contributed by atoms with Crippen molar-refractivity contribution in [1.82, 2.24) is 15.2 Å². The Morgan fingerprint density at radius 2 is 2.23 bits per heavy atom. The van der Waals surface area contributed by atoms with E-state index >= 15 is 0 Å². The molecule has 3 rings (SSSR count). The number of nitrogens with one attached hydrogen (secondary N) is 2. The second kappa shape index (κ2) is 9.91. The van der Waals surface area contributed by atoms with Crippen molar-refractivity contribution >= 4 is 53.1 Å². The van der Waals surface area contributed by atoms with Gasteiger partial charge >= 0.3 is 0 Å². The number of nitrogens with zero attached hydrogens (tertiary/aromatic N) is 2. The Bertz CT molecular complexity index is 749. The number of halogens is 2. The molecule has 2 aromatic heterocycles. The van der Waals surface area contributed by atoms with Gasteiger partial charge in [0.1, 0.15) is 5.76 Å². The number of rotatable bonds is 4. The molecule has 1 fully saturated rings. The molecule has 1 unspecified atom stereocenters. The molecule has 1 atom stereocenters. The van der Waals surface area contributed by atoms with Gasteiger partial charge in [-0.2, -0.15) is 0 Å². The molecule has 2 amide bonds. The van der Waals surface area contributed by atoms with E-state index in [0.29, 0.717) is 34.7 Å². The number of aromatic nitrogens is 1. The van der Waals surface area contributed by atoms with Gasteiger partial charge in [0.15, 0.2) is 5.13 Å². The van der Waals surface area contributed by atoms with E-state index in [1.807, 2.05) is 4.90 Å². The van der Waals surface area contributed by atoms with Crippen molar-refractivity contribution in [2.75, 3.05) is 25.0 Å². The summed E-state index contributed by atoms with van der Waals surface area (Å²) >= 11 is 1.31. The molecule has 0 radical (unpaired) electrons. The minimum absolute atomic E-state index is 0.